The molecular weight excluding hydrogens is 369 g/mol. The van der Waals surface area contributed by atoms with E-state index in [-0.39, 0.29) is 36.8 Å². The van der Waals surface area contributed by atoms with Crippen LogP contribution in [0.2, 0.25) is 0 Å². The first-order chi connectivity index (χ1) is 11.7. The van der Waals surface area contributed by atoms with E-state index in [1.165, 1.54) is 11.1 Å². The lowest BCUT2D eigenvalue weighted by Crippen LogP contribution is -2.44. The van der Waals surface area contributed by atoms with Gasteiger partial charge in [0.15, 0.2) is 0 Å². The van der Waals surface area contributed by atoms with Crippen molar-refractivity contribution in [1.82, 2.24) is 9.80 Å². The normalized spacial score (nSPS) is 18.2. The summed E-state index contributed by atoms with van der Waals surface area (Å²) in [4.78, 5) is 16.6. The van der Waals surface area contributed by atoms with Crippen molar-refractivity contribution < 1.29 is 4.79 Å². The monoisotopic (exact) mass is 395 g/mol. The molecule has 1 fully saturated rings. The van der Waals surface area contributed by atoms with Gasteiger partial charge in [0.1, 0.15) is 0 Å². The zero-order valence-corrected chi connectivity index (χ0v) is 16.4. The van der Waals surface area contributed by atoms with Crippen molar-refractivity contribution in [2.24, 2.45) is 5.73 Å². The minimum Gasteiger partial charge on any atom is -0.368 e. The number of primary amides is 1. The molecule has 6 heteroatoms. The molecule has 1 aliphatic heterocycles. The van der Waals surface area contributed by atoms with Crippen LogP contribution in [0.5, 0.6) is 0 Å². The fourth-order valence-corrected chi connectivity index (χ4v) is 3.35. The molecular formula is C20H27Cl2N3O. The highest BCUT2D eigenvalue weighted by Crippen LogP contribution is 2.16. The minimum absolute atomic E-state index is 0. The van der Waals surface area contributed by atoms with Crippen LogP contribution in [0.15, 0.2) is 60.7 Å². The first-order valence-electron chi connectivity index (χ1n) is 8.56. The predicted molar refractivity (Wildman–Crippen MR) is 111 cm³/mol. The van der Waals surface area contributed by atoms with E-state index in [0.29, 0.717) is 0 Å². The molecule has 142 valence electrons. The molecule has 0 bridgehead atoms. The summed E-state index contributed by atoms with van der Waals surface area (Å²) in [5, 5.41) is 0. The maximum Gasteiger partial charge on any atom is 0.234 e. The average Bonchev–Trinajstić information content (AvgIpc) is 2.79. The number of nitrogens with two attached hydrogens (primary N) is 1. The zero-order valence-electron chi connectivity index (χ0n) is 14.8. The molecule has 2 aromatic rings. The third kappa shape index (κ3) is 6.29. The molecule has 1 atom stereocenters. The number of rotatable bonds is 5. The Hall–Kier alpha value is -1.59. The van der Waals surface area contributed by atoms with E-state index in [0.717, 1.165) is 39.1 Å². The van der Waals surface area contributed by atoms with Crippen LogP contribution in [0, 0.1) is 0 Å². The van der Waals surface area contributed by atoms with Crippen LogP contribution in [0.4, 0.5) is 0 Å². The Morgan fingerprint density at radius 3 is 1.92 bits per heavy atom. The van der Waals surface area contributed by atoms with Gasteiger partial charge in [-0.1, -0.05) is 60.7 Å². The van der Waals surface area contributed by atoms with Crippen LogP contribution in [0.3, 0.4) is 0 Å². The van der Waals surface area contributed by atoms with Gasteiger partial charge in [-0.3, -0.25) is 14.6 Å². The number of carbonyl (C=O) groups is 1. The molecule has 1 unspecified atom stereocenters. The second-order valence-electron chi connectivity index (χ2n) is 6.42. The lowest BCUT2D eigenvalue weighted by molar-refractivity contribution is -0.123. The van der Waals surface area contributed by atoms with Crippen molar-refractivity contribution in [3.63, 3.8) is 0 Å². The fraction of sp³-hybridized carbons (Fsp3) is 0.350. The maximum absolute atomic E-state index is 11.9. The summed E-state index contributed by atoms with van der Waals surface area (Å²) in [6.45, 7) is 4.40. The van der Waals surface area contributed by atoms with Gasteiger partial charge in [0.2, 0.25) is 5.91 Å². The van der Waals surface area contributed by atoms with Gasteiger partial charge in [0.25, 0.3) is 0 Å². The molecule has 26 heavy (non-hydrogen) atoms. The third-order valence-electron chi connectivity index (χ3n) is 4.67. The largest absolute Gasteiger partial charge is 0.368 e. The molecule has 1 saturated heterocycles. The molecule has 0 spiro atoms. The van der Waals surface area contributed by atoms with Crippen LogP contribution in [0.1, 0.15) is 17.5 Å². The zero-order chi connectivity index (χ0) is 16.8. The fourth-order valence-electron chi connectivity index (χ4n) is 3.35. The van der Waals surface area contributed by atoms with Gasteiger partial charge in [-0.15, -0.1) is 24.8 Å². The highest BCUT2D eigenvalue weighted by molar-refractivity contribution is 5.85. The summed E-state index contributed by atoms with van der Waals surface area (Å²) in [5.74, 6) is -0.215. The quantitative estimate of drug-likeness (QED) is 0.845. The Morgan fingerprint density at radius 2 is 1.38 bits per heavy atom. The molecule has 4 nitrogen and oxygen atoms in total. The van der Waals surface area contributed by atoms with Gasteiger partial charge in [0.05, 0.1) is 6.04 Å². The summed E-state index contributed by atoms with van der Waals surface area (Å²) in [5.41, 5.74) is 8.21. The van der Waals surface area contributed by atoms with Crippen molar-refractivity contribution in [3.8, 4) is 0 Å². The van der Waals surface area contributed by atoms with E-state index in [4.69, 9.17) is 5.73 Å². The van der Waals surface area contributed by atoms with Crippen molar-refractivity contribution in [2.45, 2.75) is 25.6 Å². The maximum atomic E-state index is 11.9. The molecule has 0 radical (unpaired) electrons. The number of carbonyl (C=O) groups excluding carboxylic acids is 1. The summed E-state index contributed by atoms with van der Waals surface area (Å²) in [6, 6.07) is 20.6. The Labute approximate surface area is 168 Å². The van der Waals surface area contributed by atoms with E-state index in [1.807, 2.05) is 24.3 Å². The molecule has 1 heterocycles. The number of benzene rings is 2. The summed E-state index contributed by atoms with van der Waals surface area (Å²) in [6.07, 6.45) is 0.787. The predicted octanol–water partition coefficient (Wildman–Crippen LogP) is 3.09. The van der Waals surface area contributed by atoms with Crippen LogP contribution in [-0.2, 0) is 17.9 Å². The number of hydrogen-bond acceptors (Lipinski definition) is 3. The molecule has 0 aromatic heterocycles. The first-order valence-corrected chi connectivity index (χ1v) is 8.56. The SMILES string of the molecule is Cl.Cl.NC(=O)C1CCN(Cc2ccccc2)CCN1Cc1ccccc1. The number of amides is 1. The lowest BCUT2D eigenvalue weighted by atomic mass is 10.1. The van der Waals surface area contributed by atoms with Crippen LogP contribution in [0.25, 0.3) is 0 Å². The van der Waals surface area contributed by atoms with Gasteiger partial charge in [-0.25, -0.2) is 0 Å². The van der Waals surface area contributed by atoms with Crippen LogP contribution < -0.4 is 5.73 Å². The molecule has 2 aromatic carbocycles. The number of halogens is 2. The molecule has 0 aliphatic carbocycles. The van der Waals surface area contributed by atoms with E-state index >= 15 is 0 Å². The molecule has 3 rings (SSSR count). The molecule has 0 saturated carbocycles. The van der Waals surface area contributed by atoms with Crippen molar-refractivity contribution >= 4 is 30.7 Å². The number of hydrogen-bond donors (Lipinski definition) is 1. The minimum atomic E-state index is -0.215. The molecule has 2 N–H and O–H groups in total. The highest BCUT2D eigenvalue weighted by Gasteiger charge is 2.28. The third-order valence-corrected chi connectivity index (χ3v) is 4.67. The Morgan fingerprint density at radius 1 is 0.846 bits per heavy atom. The van der Waals surface area contributed by atoms with Gasteiger partial charge >= 0.3 is 0 Å². The smallest absolute Gasteiger partial charge is 0.234 e. The van der Waals surface area contributed by atoms with Gasteiger partial charge in [0, 0.05) is 32.7 Å². The van der Waals surface area contributed by atoms with Gasteiger partial charge in [-0.2, -0.15) is 0 Å². The van der Waals surface area contributed by atoms with E-state index < -0.39 is 0 Å². The van der Waals surface area contributed by atoms with Crippen molar-refractivity contribution in [3.05, 3.63) is 71.8 Å². The van der Waals surface area contributed by atoms with E-state index in [1.54, 1.807) is 0 Å². The van der Waals surface area contributed by atoms with Crippen LogP contribution >= 0.6 is 24.8 Å². The van der Waals surface area contributed by atoms with Crippen molar-refractivity contribution in [1.29, 1.82) is 0 Å². The lowest BCUT2D eigenvalue weighted by Gasteiger charge is -2.27. The summed E-state index contributed by atoms with van der Waals surface area (Å²) < 4.78 is 0. The Kier molecular flexibility index (Phi) is 9.66. The van der Waals surface area contributed by atoms with Crippen LogP contribution in [-0.4, -0.2) is 41.4 Å². The van der Waals surface area contributed by atoms with Gasteiger partial charge < -0.3 is 5.73 Å². The Bertz CT molecular complexity index is 655. The van der Waals surface area contributed by atoms with Crippen molar-refractivity contribution in [2.75, 3.05) is 19.6 Å². The molecule has 1 amide bonds. The number of nitrogens with zero attached hydrogens (tertiary/aromatic N) is 2. The standard InChI is InChI=1S/C20H25N3O.2ClH/c21-20(24)19-11-12-22(15-17-7-3-1-4-8-17)13-14-23(19)16-18-9-5-2-6-10-18;;/h1-10,19H,11-16H2,(H2,21,24);2*1H. The molecule has 1 aliphatic rings. The van der Waals surface area contributed by atoms with Gasteiger partial charge in [-0.05, 0) is 17.5 Å². The first kappa shape index (κ1) is 22.5. The second kappa shape index (κ2) is 11.2. The van der Waals surface area contributed by atoms with E-state index in [2.05, 4.69) is 46.2 Å². The summed E-state index contributed by atoms with van der Waals surface area (Å²) in [7, 11) is 0. The highest BCUT2D eigenvalue weighted by atomic mass is 35.5. The Balaban J connectivity index is 0.00000169. The summed E-state index contributed by atoms with van der Waals surface area (Å²) >= 11 is 0. The average molecular weight is 396 g/mol. The topological polar surface area (TPSA) is 49.6 Å². The second-order valence-corrected chi connectivity index (χ2v) is 6.42. The van der Waals surface area contributed by atoms with E-state index in [9.17, 15) is 4.79 Å².